The first kappa shape index (κ1) is 25.5. The highest BCUT2D eigenvalue weighted by Crippen LogP contribution is 2.24. The second kappa shape index (κ2) is 12.4. The molecule has 3 aliphatic rings. The van der Waals surface area contributed by atoms with Crippen molar-refractivity contribution in [3.05, 3.63) is 17.8 Å². The summed E-state index contributed by atoms with van der Waals surface area (Å²) in [5.41, 5.74) is 1.37. The van der Waals surface area contributed by atoms with Crippen LogP contribution in [0.1, 0.15) is 81.6 Å². The summed E-state index contributed by atoms with van der Waals surface area (Å²) in [4.78, 5) is 25.9. The van der Waals surface area contributed by atoms with Crippen LogP contribution < -0.4 is 10.2 Å². The van der Waals surface area contributed by atoms with Gasteiger partial charge in [-0.15, -0.1) is 0 Å². The van der Waals surface area contributed by atoms with Crippen molar-refractivity contribution in [2.45, 2.75) is 83.7 Å². The molecule has 198 valence electrons. The number of carbonyl (C=O) groups is 1. The molecule has 0 radical (unpaired) electrons. The number of amides is 1. The van der Waals surface area contributed by atoms with Crippen LogP contribution in [0.3, 0.4) is 0 Å². The Morgan fingerprint density at radius 2 is 1.50 bits per heavy atom. The van der Waals surface area contributed by atoms with Crippen LogP contribution in [-0.4, -0.2) is 88.9 Å². The highest BCUT2D eigenvalue weighted by Gasteiger charge is 2.25. The molecule has 1 amide bonds. The van der Waals surface area contributed by atoms with Gasteiger partial charge in [-0.2, -0.15) is 5.10 Å². The largest absolute Gasteiger partial charge is 0.357 e. The molecule has 3 aliphatic heterocycles. The van der Waals surface area contributed by atoms with Crippen molar-refractivity contribution in [2.75, 3.05) is 57.3 Å². The highest BCUT2D eigenvalue weighted by atomic mass is 16.2. The van der Waals surface area contributed by atoms with E-state index in [1.165, 1.54) is 64.6 Å². The fraction of sp³-hybridized carbons (Fsp3) is 0.750. The summed E-state index contributed by atoms with van der Waals surface area (Å²) in [7, 11) is 0. The number of pyridine rings is 1. The monoisotopic (exact) mass is 495 g/mol. The molecule has 0 aliphatic carbocycles. The van der Waals surface area contributed by atoms with Gasteiger partial charge in [-0.25, -0.2) is 9.67 Å². The zero-order valence-corrected chi connectivity index (χ0v) is 22.3. The minimum Gasteiger partial charge on any atom is -0.357 e. The Morgan fingerprint density at radius 3 is 2.19 bits per heavy atom. The summed E-state index contributed by atoms with van der Waals surface area (Å²) in [6.45, 7) is 12.0. The molecule has 0 bridgehead atoms. The van der Waals surface area contributed by atoms with Gasteiger partial charge in [-0.3, -0.25) is 4.79 Å². The zero-order chi connectivity index (χ0) is 24.7. The Morgan fingerprint density at radius 1 is 0.861 bits per heavy atom. The standard InChI is InChI=1S/C28H45N7O/c1-2-14-35-27-24(10-11-25(30-27)34-17-8-3-4-9-18-34)26(31-35)28(36)29-23-12-19-33(20-13-23)22-21-32-15-6-5-7-16-32/h10-11,23H,2-9,12-22H2,1H3,(H,29,36). The van der Waals surface area contributed by atoms with E-state index in [-0.39, 0.29) is 11.9 Å². The topological polar surface area (TPSA) is 69.5 Å². The van der Waals surface area contributed by atoms with Gasteiger partial charge in [0, 0.05) is 51.9 Å². The van der Waals surface area contributed by atoms with E-state index in [1.807, 2.05) is 4.68 Å². The lowest BCUT2D eigenvalue weighted by Crippen LogP contribution is -2.47. The van der Waals surface area contributed by atoms with E-state index in [2.05, 4.69) is 39.1 Å². The first-order valence-electron chi connectivity index (χ1n) is 14.6. The number of rotatable bonds is 8. The number of aromatic nitrogens is 3. The van der Waals surface area contributed by atoms with Crippen LogP contribution in [0.2, 0.25) is 0 Å². The fourth-order valence-corrected chi connectivity index (χ4v) is 6.07. The summed E-state index contributed by atoms with van der Waals surface area (Å²) < 4.78 is 1.94. The molecule has 0 saturated carbocycles. The van der Waals surface area contributed by atoms with Gasteiger partial charge < -0.3 is 20.0 Å². The highest BCUT2D eigenvalue weighted by molar-refractivity contribution is 6.04. The van der Waals surface area contributed by atoms with Crippen LogP contribution >= 0.6 is 0 Å². The Kier molecular flexibility index (Phi) is 8.75. The molecule has 2 aromatic heterocycles. The van der Waals surface area contributed by atoms with Gasteiger partial charge in [0.25, 0.3) is 5.91 Å². The molecule has 1 N–H and O–H groups in total. The van der Waals surface area contributed by atoms with Crippen LogP contribution in [0.4, 0.5) is 5.82 Å². The van der Waals surface area contributed by atoms with Crippen molar-refractivity contribution in [1.82, 2.24) is 29.9 Å². The van der Waals surface area contributed by atoms with Gasteiger partial charge in [0.15, 0.2) is 11.3 Å². The van der Waals surface area contributed by atoms with Crippen molar-refractivity contribution in [3.8, 4) is 0 Å². The van der Waals surface area contributed by atoms with Crippen LogP contribution in [0.15, 0.2) is 12.1 Å². The molecular weight excluding hydrogens is 450 g/mol. The zero-order valence-electron chi connectivity index (χ0n) is 22.3. The predicted molar refractivity (Wildman–Crippen MR) is 146 cm³/mol. The minimum absolute atomic E-state index is 0.0501. The van der Waals surface area contributed by atoms with Gasteiger partial charge in [0.05, 0.1) is 5.39 Å². The summed E-state index contributed by atoms with van der Waals surface area (Å²) in [5.74, 6) is 0.969. The number of likely N-dealkylation sites (tertiary alicyclic amines) is 2. The van der Waals surface area contributed by atoms with Crippen LogP contribution in [-0.2, 0) is 6.54 Å². The average molecular weight is 496 g/mol. The Balaban J connectivity index is 1.20. The number of anilines is 1. The first-order valence-corrected chi connectivity index (χ1v) is 14.6. The van der Waals surface area contributed by atoms with Gasteiger partial charge >= 0.3 is 0 Å². The molecule has 36 heavy (non-hydrogen) atoms. The fourth-order valence-electron chi connectivity index (χ4n) is 6.07. The molecule has 3 fully saturated rings. The smallest absolute Gasteiger partial charge is 0.272 e. The van der Waals surface area contributed by atoms with Crippen molar-refractivity contribution in [2.24, 2.45) is 0 Å². The number of hydrogen-bond acceptors (Lipinski definition) is 6. The van der Waals surface area contributed by atoms with E-state index in [4.69, 9.17) is 10.1 Å². The maximum atomic E-state index is 13.3. The third kappa shape index (κ3) is 6.20. The van der Waals surface area contributed by atoms with Crippen LogP contribution in [0.5, 0.6) is 0 Å². The van der Waals surface area contributed by atoms with E-state index < -0.39 is 0 Å². The summed E-state index contributed by atoms with van der Waals surface area (Å²) in [6.07, 6.45) is 12.1. The van der Waals surface area contributed by atoms with Crippen molar-refractivity contribution in [3.63, 3.8) is 0 Å². The first-order chi connectivity index (χ1) is 17.7. The molecule has 0 spiro atoms. The lowest BCUT2D eigenvalue weighted by Gasteiger charge is -2.34. The molecule has 8 nitrogen and oxygen atoms in total. The normalized spacial score (nSPS) is 21.1. The molecule has 5 heterocycles. The maximum absolute atomic E-state index is 13.3. The molecule has 8 heteroatoms. The lowest BCUT2D eigenvalue weighted by atomic mass is 10.0. The van der Waals surface area contributed by atoms with Gasteiger partial charge in [-0.05, 0) is 70.2 Å². The van der Waals surface area contributed by atoms with E-state index in [9.17, 15) is 4.79 Å². The Labute approximate surface area is 216 Å². The molecular formula is C28H45N7O. The van der Waals surface area contributed by atoms with E-state index >= 15 is 0 Å². The molecule has 5 rings (SSSR count). The second-order valence-electron chi connectivity index (χ2n) is 11.0. The second-order valence-corrected chi connectivity index (χ2v) is 11.0. The molecule has 0 unspecified atom stereocenters. The van der Waals surface area contributed by atoms with Crippen molar-refractivity contribution < 1.29 is 4.79 Å². The molecule has 0 aromatic carbocycles. The minimum atomic E-state index is -0.0501. The lowest BCUT2D eigenvalue weighted by molar-refractivity contribution is 0.0900. The van der Waals surface area contributed by atoms with Crippen LogP contribution in [0.25, 0.3) is 11.0 Å². The number of piperidine rings is 2. The van der Waals surface area contributed by atoms with Gasteiger partial charge in [0.2, 0.25) is 0 Å². The van der Waals surface area contributed by atoms with Crippen molar-refractivity contribution in [1.29, 1.82) is 0 Å². The third-order valence-electron chi connectivity index (χ3n) is 8.27. The maximum Gasteiger partial charge on any atom is 0.272 e. The van der Waals surface area contributed by atoms with Crippen molar-refractivity contribution >= 4 is 22.8 Å². The predicted octanol–water partition coefficient (Wildman–Crippen LogP) is 3.90. The number of nitrogens with zero attached hydrogens (tertiary/aromatic N) is 6. The van der Waals surface area contributed by atoms with E-state index in [0.717, 1.165) is 75.4 Å². The number of nitrogens with one attached hydrogen (secondary N) is 1. The Bertz CT molecular complexity index is 983. The molecule has 2 aromatic rings. The Hall–Kier alpha value is -2.19. The van der Waals surface area contributed by atoms with Gasteiger partial charge in [0.1, 0.15) is 5.82 Å². The van der Waals surface area contributed by atoms with Gasteiger partial charge in [-0.1, -0.05) is 26.2 Å². The summed E-state index contributed by atoms with van der Waals surface area (Å²) in [6, 6.07) is 4.38. The number of hydrogen-bond donors (Lipinski definition) is 1. The van der Waals surface area contributed by atoms with E-state index in [0.29, 0.717) is 5.69 Å². The molecule has 3 saturated heterocycles. The average Bonchev–Trinajstić information content (AvgIpc) is 3.07. The quantitative estimate of drug-likeness (QED) is 0.599. The SMILES string of the molecule is CCCn1nc(C(=O)NC2CCN(CCN3CCCCC3)CC2)c2ccc(N3CCCCCC3)nc21. The summed E-state index contributed by atoms with van der Waals surface area (Å²) >= 11 is 0. The summed E-state index contributed by atoms with van der Waals surface area (Å²) in [5, 5.41) is 8.93. The van der Waals surface area contributed by atoms with E-state index in [1.54, 1.807) is 0 Å². The number of carbonyl (C=O) groups excluding carboxylic acids is 1. The third-order valence-corrected chi connectivity index (χ3v) is 8.27. The molecule has 0 atom stereocenters. The van der Waals surface area contributed by atoms with Crippen LogP contribution in [0, 0.1) is 0 Å². The number of fused-ring (bicyclic) bond motifs is 1. The number of aryl methyl sites for hydroxylation is 1.